The molecule has 1 saturated heterocycles. The molecule has 0 spiro atoms. The summed E-state index contributed by atoms with van der Waals surface area (Å²) < 4.78 is 16.7. The first-order valence-corrected chi connectivity index (χ1v) is 6.84. The largest absolute Gasteiger partial charge is 0.429 e. The molecule has 0 radical (unpaired) electrons. The summed E-state index contributed by atoms with van der Waals surface area (Å²) in [6.07, 6.45) is 1.74. The van der Waals surface area contributed by atoms with Crippen molar-refractivity contribution in [3.63, 3.8) is 0 Å². The second kappa shape index (κ2) is 5.89. The average Bonchev–Trinajstić information content (AvgIpc) is 2.69. The molecule has 0 N–H and O–H groups in total. The predicted molar refractivity (Wildman–Crippen MR) is 73.1 cm³/mol. The van der Waals surface area contributed by atoms with Gasteiger partial charge in [-0.05, 0) is 31.9 Å². The van der Waals surface area contributed by atoms with Gasteiger partial charge in [-0.2, -0.15) is 0 Å². The number of esters is 1. The molecule has 20 heavy (non-hydrogen) atoms. The monoisotopic (exact) mass is 279 g/mol. The average molecular weight is 279 g/mol. The molecule has 1 aromatic heterocycles. The Labute approximate surface area is 119 Å². The number of hydrogen-bond donors (Lipinski definition) is 0. The standard InChI is InChI=1S/C15H21NO4/c1-10(2)8-15(4)18-9-13(20-15)19-14(17)12-6-5-7-16-11(12)3/h5-7,10,13H,8-9H2,1-4H3. The van der Waals surface area contributed by atoms with Gasteiger partial charge in [-0.3, -0.25) is 4.98 Å². The Morgan fingerprint density at radius 2 is 2.35 bits per heavy atom. The van der Waals surface area contributed by atoms with Gasteiger partial charge in [0.25, 0.3) is 0 Å². The summed E-state index contributed by atoms with van der Waals surface area (Å²) in [7, 11) is 0. The van der Waals surface area contributed by atoms with Crippen molar-refractivity contribution in [1.29, 1.82) is 0 Å². The second-order valence-electron chi connectivity index (χ2n) is 5.63. The zero-order chi connectivity index (χ0) is 14.8. The molecule has 5 heteroatoms. The van der Waals surface area contributed by atoms with Crippen LogP contribution in [-0.4, -0.2) is 29.6 Å². The van der Waals surface area contributed by atoms with Crippen LogP contribution in [0.5, 0.6) is 0 Å². The predicted octanol–water partition coefficient (Wildman–Crippen LogP) is 2.68. The van der Waals surface area contributed by atoms with E-state index < -0.39 is 18.0 Å². The van der Waals surface area contributed by atoms with Crippen LogP contribution in [0.3, 0.4) is 0 Å². The topological polar surface area (TPSA) is 57.7 Å². The van der Waals surface area contributed by atoms with Crippen LogP contribution in [0.15, 0.2) is 18.3 Å². The highest BCUT2D eigenvalue weighted by atomic mass is 16.8. The second-order valence-corrected chi connectivity index (χ2v) is 5.63. The summed E-state index contributed by atoms with van der Waals surface area (Å²) in [6, 6.07) is 3.40. The molecular formula is C15H21NO4. The van der Waals surface area contributed by atoms with Crippen LogP contribution in [0.25, 0.3) is 0 Å². The van der Waals surface area contributed by atoms with E-state index in [0.29, 0.717) is 17.2 Å². The number of rotatable bonds is 4. The van der Waals surface area contributed by atoms with Gasteiger partial charge in [-0.25, -0.2) is 4.79 Å². The van der Waals surface area contributed by atoms with E-state index in [1.807, 2.05) is 6.92 Å². The molecule has 1 aliphatic rings. The van der Waals surface area contributed by atoms with Crippen molar-refractivity contribution in [1.82, 2.24) is 4.98 Å². The van der Waals surface area contributed by atoms with Crippen molar-refractivity contribution in [3.8, 4) is 0 Å². The van der Waals surface area contributed by atoms with Crippen LogP contribution in [0.1, 0.15) is 43.2 Å². The Hall–Kier alpha value is -1.46. The molecule has 2 atom stereocenters. The van der Waals surface area contributed by atoms with E-state index in [2.05, 4.69) is 18.8 Å². The number of hydrogen-bond acceptors (Lipinski definition) is 5. The highest BCUT2D eigenvalue weighted by Gasteiger charge is 2.39. The van der Waals surface area contributed by atoms with Crippen LogP contribution < -0.4 is 0 Å². The molecule has 1 aromatic rings. The highest BCUT2D eigenvalue weighted by molar-refractivity contribution is 5.90. The first kappa shape index (κ1) is 14.9. The minimum absolute atomic E-state index is 0.258. The molecule has 0 aliphatic carbocycles. The third-order valence-corrected chi connectivity index (χ3v) is 3.15. The lowest BCUT2D eigenvalue weighted by Gasteiger charge is -2.24. The molecule has 5 nitrogen and oxygen atoms in total. The fraction of sp³-hybridized carbons (Fsp3) is 0.600. The summed E-state index contributed by atoms with van der Waals surface area (Å²) in [5.41, 5.74) is 1.09. The number of aryl methyl sites for hydroxylation is 1. The van der Waals surface area contributed by atoms with Crippen LogP contribution in [0.2, 0.25) is 0 Å². The summed E-state index contributed by atoms with van der Waals surface area (Å²) in [5.74, 6) is -0.670. The number of ether oxygens (including phenoxy) is 3. The van der Waals surface area contributed by atoms with Gasteiger partial charge in [0.15, 0.2) is 5.79 Å². The maximum Gasteiger partial charge on any atom is 0.342 e. The Bertz CT molecular complexity index is 489. The molecule has 2 unspecified atom stereocenters. The van der Waals surface area contributed by atoms with E-state index in [4.69, 9.17) is 14.2 Å². The van der Waals surface area contributed by atoms with Gasteiger partial charge in [0.1, 0.15) is 6.61 Å². The van der Waals surface area contributed by atoms with Crippen molar-refractivity contribution < 1.29 is 19.0 Å². The highest BCUT2D eigenvalue weighted by Crippen LogP contribution is 2.30. The first-order valence-electron chi connectivity index (χ1n) is 6.84. The zero-order valence-electron chi connectivity index (χ0n) is 12.4. The lowest BCUT2D eigenvalue weighted by Crippen LogP contribution is -2.30. The van der Waals surface area contributed by atoms with Gasteiger partial charge in [-0.1, -0.05) is 13.8 Å². The van der Waals surface area contributed by atoms with E-state index in [1.54, 1.807) is 25.3 Å². The van der Waals surface area contributed by atoms with Crippen molar-refractivity contribution in [3.05, 3.63) is 29.6 Å². The van der Waals surface area contributed by atoms with Gasteiger partial charge in [0.2, 0.25) is 6.29 Å². The molecule has 1 fully saturated rings. The SMILES string of the molecule is Cc1ncccc1C(=O)OC1COC(C)(CC(C)C)O1. The molecule has 1 aliphatic heterocycles. The van der Waals surface area contributed by atoms with Crippen LogP contribution in [0, 0.1) is 12.8 Å². The van der Waals surface area contributed by atoms with E-state index >= 15 is 0 Å². The number of pyridine rings is 1. The van der Waals surface area contributed by atoms with Crippen molar-refractivity contribution in [2.45, 2.75) is 46.2 Å². The fourth-order valence-corrected chi connectivity index (χ4v) is 2.38. The normalized spacial score (nSPS) is 25.9. The summed E-state index contributed by atoms with van der Waals surface area (Å²) in [6.45, 7) is 8.09. The van der Waals surface area contributed by atoms with Gasteiger partial charge in [-0.15, -0.1) is 0 Å². The molecule has 110 valence electrons. The Kier molecular flexibility index (Phi) is 4.40. The van der Waals surface area contributed by atoms with Gasteiger partial charge in [0, 0.05) is 12.6 Å². The molecule has 0 bridgehead atoms. The van der Waals surface area contributed by atoms with Crippen LogP contribution in [0.4, 0.5) is 0 Å². The lowest BCUT2D eigenvalue weighted by molar-refractivity contribution is -0.194. The van der Waals surface area contributed by atoms with E-state index in [0.717, 1.165) is 6.42 Å². The summed E-state index contributed by atoms with van der Waals surface area (Å²) in [4.78, 5) is 16.1. The minimum atomic E-state index is -0.677. The lowest BCUT2D eigenvalue weighted by atomic mass is 10.0. The Morgan fingerprint density at radius 1 is 1.60 bits per heavy atom. The van der Waals surface area contributed by atoms with Crippen LogP contribution >= 0.6 is 0 Å². The Balaban J connectivity index is 1.96. The first-order chi connectivity index (χ1) is 9.39. The van der Waals surface area contributed by atoms with Gasteiger partial charge >= 0.3 is 5.97 Å². The van der Waals surface area contributed by atoms with E-state index in [-0.39, 0.29) is 6.61 Å². The quantitative estimate of drug-likeness (QED) is 0.793. The fourth-order valence-electron chi connectivity index (χ4n) is 2.38. The smallest absolute Gasteiger partial charge is 0.342 e. The minimum Gasteiger partial charge on any atom is -0.429 e. The maximum absolute atomic E-state index is 12.1. The zero-order valence-corrected chi connectivity index (χ0v) is 12.4. The number of nitrogens with zero attached hydrogens (tertiary/aromatic N) is 1. The van der Waals surface area contributed by atoms with Crippen LogP contribution in [-0.2, 0) is 14.2 Å². The molecular weight excluding hydrogens is 258 g/mol. The third kappa shape index (κ3) is 3.55. The number of aromatic nitrogens is 1. The summed E-state index contributed by atoms with van der Waals surface area (Å²) in [5, 5.41) is 0. The molecule has 2 rings (SSSR count). The number of carbonyl (C=O) groups excluding carboxylic acids is 1. The Morgan fingerprint density at radius 3 is 3.00 bits per heavy atom. The third-order valence-electron chi connectivity index (χ3n) is 3.15. The molecule has 0 aromatic carbocycles. The molecule has 2 heterocycles. The molecule has 0 amide bonds. The maximum atomic E-state index is 12.1. The van der Waals surface area contributed by atoms with Crippen molar-refractivity contribution in [2.75, 3.05) is 6.61 Å². The van der Waals surface area contributed by atoms with Gasteiger partial charge in [0.05, 0.1) is 11.3 Å². The van der Waals surface area contributed by atoms with E-state index in [9.17, 15) is 4.79 Å². The summed E-state index contributed by atoms with van der Waals surface area (Å²) >= 11 is 0. The number of carbonyl (C=O) groups is 1. The van der Waals surface area contributed by atoms with Crippen molar-refractivity contribution >= 4 is 5.97 Å². The van der Waals surface area contributed by atoms with Crippen molar-refractivity contribution in [2.24, 2.45) is 5.92 Å². The van der Waals surface area contributed by atoms with Gasteiger partial charge < -0.3 is 14.2 Å². The molecule has 0 saturated carbocycles. The van der Waals surface area contributed by atoms with E-state index in [1.165, 1.54) is 0 Å².